The molecule has 0 saturated heterocycles. The molecule has 0 unspecified atom stereocenters. The van der Waals surface area contributed by atoms with Gasteiger partial charge in [-0.05, 0) is 0 Å². The van der Waals surface area contributed by atoms with Crippen LogP contribution in [0.5, 0.6) is 0 Å². The number of nitriles is 3. The van der Waals surface area contributed by atoms with Crippen molar-refractivity contribution in [3.8, 4) is 18.2 Å². The maximum atomic E-state index is 7.79. The van der Waals surface area contributed by atoms with Crippen molar-refractivity contribution in [2.75, 3.05) is 0 Å². The molecule has 0 aliphatic carbocycles. The Kier molecular flexibility index (Phi) is 67.0. The first-order valence-electron chi connectivity index (χ1n) is 1.79. The fourth-order valence-corrected chi connectivity index (χ4v) is 0.0750. The molecule has 8 heteroatoms. The summed E-state index contributed by atoms with van der Waals surface area (Å²) in [6, 6.07) is 4.19. The van der Waals surface area contributed by atoms with Crippen molar-refractivity contribution in [2.24, 2.45) is 0 Å². The summed E-state index contributed by atoms with van der Waals surface area (Å²) >= 11 is 0. The second-order valence-corrected chi connectivity index (χ2v) is 0.710. The summed E-state index contributed by atoms with van der Waals surface area (Å²) < 4.78 is 0. The van der Waals surface area contributed by atoms with Crippen LogP contribution < -0.4 is 0 Å². The van der Waals surface area contributed by atoms with Gasteiger partial charge in [0, 0.05) is 0 Å². The number of hydrogen-bond donors (Lipinski definition) is 0. The Balaban J connectivity index is -0.0000000560. The molecule has 0 aliphatic heterocycles. The molecular formula is C4CoN5O2. The van der Waals surface area contributed by atoms with Gasteiger partial charge in [0.25, 0.3) is 0 Å². The Morgan fingerprint density at radius 2 is 1.00 bits per heavy atom. The first kappa shape index (κ1) is 22.5. The van der Waals surface area contributed by atoms with Crippen molar-refractivity contribution in [3.63, 3.8) is 0 Å². The molecule has 7 nitrogen and oxygen atoms in total. The van der Waals surface area contributed by atoms with E-state index >= 15 is 0 Å². The summed E-state index contributed by atoms with van der Waals surface area (Å²) in [5.74, 6) is -0.403. The molecule has 12 heavy (non-hydrogen) atoms. The van der Waals surface area contributed by atoms with E-state index < -0.39 is 5.92 Å². The fourth-order valence-electron chi connectivity index (χ4n) is 0.0750. The first-order valence-corrected chi connectivity index (χ1v) is 1.79. The van der Waals surface area contributed by atoms with E-state index in [1.54, 1.807) is 0 Å². The Bertz CT molecular complexity index is 166. The predicted octanol–water partition coefficient (Wildman–Crippen LogP) is 0.774. The molecular weight excluding hydrogens is 209 g/mol. The van der Waals surface area contributed by atoms with Crippen LogP contribution in [-0.4, -0.2) is 0 Å². The van der Waals surface area contributed by atoms with Crippen LogP contribution in [-0.2, 0) is 16.8 Å². The summed E-state index contributed by atoms with van der Waals surface area (Å²) in [4.78, 5) is 14.5. The molecule has 62 valence electrons. The molecule has 0 saturated carbocycles. The number of nitroso groups, excluding NO2 is 2. The average molecular weight is 209 g/mol. The molecule has 0 radical (unpaired) electrons. The summed E-state index contributed by atoms with van der Waals surface area (Å²) in [6.07, 6.45) is 0. The summed E-state index contributed by atoms with van der Waals surface area (Å²) in [6.45, 7) is 0. The van der Waals surface area contributed by atoms with Gasteiger partial charge in [0.15, 0.2) is 0 Å². The molecule has 0 aromatic heterocycles. The van der Waals surface area contributed by atoms with Crippen LogP contribution in [0, 0.1) is 49.7 Å². The quantitative estimate of drug-likeness (QED) is 0.539. The largest absolute Gasteiger partial charge is 3.00 e. The second kappa shape index (κ2) is 35.8. The van der Waals surface area contributed by atoms with Gasteiger partial charge in [-0.2, -0.15) is 0 Å². The molecule has 0 spiro atoms. The summed E-state index contributed by atoms with van der Waals surface area (Å²) in [5, 5.41) is 23.4. The average Bonchev–Trinajstić information content (AvgIpc) is 2.14. The minimum absolute atomic E-state index is 0. The SMILES string of the molecule is N#C[C-](C#N)C#N.[Co+3].[N-]=O.[N-]=O. The van der Waals surface area contributed by atoms with Crippen molar-refractivity contribution in [1.29, 1.82) is 15.8 Å². The standard InChI is InChI=1S/C4N3.Co.2NO/c5-1-4(2-6)3-7;;2*1-2/q-1;+3;2*-1. The van der Waals surface area contributed by atoms with Crippen LogP contribution in [0.15, 0.2) is 0 Å². The minimum Gasteiger partial charge on any atom is -0.577 e. The molecule has 0 heterocycles. The molecule has 0 amide bonds. The van der Waals surface area contributed by atoms with E-state index in [9.17, 15) is 0 Å². The Labute approximate surface area is 78.3 Å². The number of hydrogen-bond acceptors (Lipinski definition) is 5. The maximum Gasteiger partial charge on any atom is 3.00 e. The fraction of sp³-hybridized carbons (Fsp3) is 0. The molecule has 0 bridgehead atoms. The summed E-state index contributed by atoms with van der Waals surface area (Å²) in [7, 11) is 0. The van der Waals surface area contributed by atoms with Crippen molar-refractivity contribution in [3.05, 3.63) is 26.9 Å². The van der Waals surface area contributed by atoms with Crippen molar-refractivity contribution in [1.82, 2.24) is 0 Å². The van der Waals surface area contributed by atoms with Crippen LogP contribution in [0.2, 0.25) is 0 Å². The topological polar surface area (TPSA) is 150 Å². The summed E-state index contributed by atoms with van der Waals surface area (Å²) in [5.41, 5.74) is 11.5. The van der Waals surface area contributed by atoms with Gasteiger partial charge in [0.05, 0.1) is 0 Å². The van der Waals surface area contributed by atoms with Crippen molar-refractivity contribution in [2.45, 2.75) is 0 Å². The number of nitrogens with zero attached hydrogens (tertiary/aromatic N) is 5. The van der Waals surface area contributed by atoms with Gasteiger partial charge in [0.2, 0.25) is 0 Å². The Hall–Kier alpha value is -1.95. The van der Waals surface area contributed by atoms with Crippen LogP contribution in [0.25, 0.3) is 11.2 Å². The molecule has 0 aliphatic rings. The van der Waals surface area contributed by atoms with Crippen LogP contribution in [0.4, 0.5) is 0 Å². The van der Waals surface area contributed by atoms with Crippen LogP contribution in [0.3, 0.4) is 0 Å². The van der Waals surface area contributed by atoms with Gasteiger partial charge in [-0.3, -0.25) is 0 Å². The van der Waals surface area contributed by atoms with Gasteiger partial charge in [-0.25, -0.2) is 15.8 Å². The molecule has 0 N–H and O–H groups in total. The Morgan fingerprint density at radius 1 is 0.833 bits per heavy atom. The molecule has 0 aromatic carbocycles. The third-order valence-electron chi connectivity index (χ3n) is 0.335. The van der Waals surface area contributed by atoms with Gasteiger partial charge < -0.3 is 21.0 Å². The smallest absolute Gasteiger partial charge is 0.577 e. The molecule has 0 rings (SSSR count). The van der Waals surface area contributed by atoms with E-state index in [0.717, 1.165) is 0 Å². The van der Waals surface area contributed by atoms with E-state index in [-0.39, 0.29) is 16.8 Å². The maximum absolute atomic E-state index is 7.79. The minimum atomic E-state index is -0.403. The monoisotopic (exact) mass is 209 g/mol. The second-order valence-electron chi connectivity index (χ2n) is 0.710. The van der Waals surface area contributed by atoms with Gasteiger partial charge >= 0.3 is 16.8 Å². The van der Waals surface area contributed by atoms with Crippen molar-refractivity contribution < 1.29 is 16.8 Å². The normalized spacial score (nSPS) is 3.42. The van der Waals surface area contributed by atoms with Gasteiger partial charge in [0.1, 0.15) is 0 Å². The predicted molar refractivity (Wildman–Crippen MR) is 33.5 cm³/mol. The van der Waals surface area contributed by atoms with E-state index in [1.807, 2.05) is 0 Å². The molecule has 0 atom stereocenters. The van der Waals surface area contributed by atoms with E-state index in [4.69, 9.17) is 36.8 Å². The van der Waals surface area contributed by atoms with E-state index in [2.05, 4.69) is 0 Å². The number of rotatable bonds is 0. The Morgan fingerprint density at radius 3 is 1.00 bits per heavy atom. The van der Waals surface area contributed by atoms with Gasteiger partial charge in [-0.15, -0.1) is 0 Å². The van der Waals surface area contributed by atoms with Crippen LogP contribution in [0.1, 0.15) is 0 Å². The first-order chi connectivity index (χ1) is 5.35. The van der Waals surface area contributed by atoms with E-state index in [0.29, 0.717) is 0 Å². The molecule has 0 aromatic rings. The van der Waals surface area contributed by atoms with Gasteiger partial charge in [-0.1, -0.05) is 24.1 Å². The van der Waals surface area contributed by atoms with Crippen LogP contribution >= 0.6 is 0 Å². The zero-order chi connectivity index (χ0) is 9.70. The zero-order valence-corrected chi connectivity index (χ0v) is 6.43. The molecule has 0 fully saturated rings. The third kappa shape index (κ3) is 24.4. The van der Waals surface area contributed by atoms with Crippen molar-refractivity contribution >= 4 is 0 Å². The zero-order valence-electron chi connectivity index (χ0n) is 5.39. The third-order valence-corrected chi connectivity index (χ3v) is 0.335. The van der Waals surface area contributed by atoms with E-state index in [1.165, 1.54) is 18.2 Å².